The van der Waals surface area contributed by atoms with E-state index in [-0.39, 0.29) is 12.1 Å². The van der Waals surface area contributed by atoms with Gasteiger partial charge in [-0.15, -0.1) is 0 Å². The van der Waals surface area contributed by atoms with E-state index in [1.54, 1.807) is 6.92 Å². The highest BCUT2D eigenvalue weighted by atomic mass is 79.9. The molecule has 1 rings (SSSR count). The van der Waals surface area contributed by atoms with Crippen LogP contribution in [0.15, 0.2) is 22.7 Å². The Labute approximate surface area is 119 Å². The van der Waals surface area contributed by atoms with E-state index in [1.807, 2.05) is 0 Å². The van der Waals surface area contributed by atoms with Crippen LogP contribution in [0.25, 0.3) is 0 Å². The third kappa shape index (κ3) is 4.02. The molecule has 0 aromatic heterocycles. The molecule has 0 spiro atoms. The number of rotatable bonds is 5. The molecule has 0 saturated carbocycles. The second kappa shape index (κ2) is 6.65. The van der Waals surface area contributed by atoms with Crippen molar-refractivity contribution in [2.75, 3.05) is 13.1 Å². The predicted molar refractivity (Wildman–Crippen MR) is 72.5 cm³/mol. The number of carboxylic acid groups (broad SMARTS) is 1. The van der Waals surface area contributed by atoms with Crippen LogP contribution in [0, 0.1) is 11.7 Å². The van der Waals surface area contributed by atoms with Gasteiger partial charge in [0.2, 0.25) is 0 Å². The summed E-state index contributed by atoms with van der Waals surface area (Å²) < 4.78 is 14.2. The second-order valence-corrected chi connectivity index (χ2v) is 5.12. The Morgan fingerprint density at radius 2 is 2.11 bits per heavy atom. The lowest BCUT2D eigenvalue weighted by Crippen LogP contribution is -2.37. The second-order valence-electron chi connectivity index (χ2n) is 4.21. The summed E-state index contributed by atoms with van der Waals surface area (Å²) >= 11 is 3.18. The van der Waals surface area contributed by atoms with Crippen LogP contribution < -0.4 is 0 Å². The minimum atomic E-state index is -0.985. The summed E-state index contributed by atoms with van der Waals surface area (Å²) in [5.74, 6) is -2.80. The third-order valence-electron chi connectivity index (χ3n) is 2.74. The predicted octanol–water partition coefficient (Wildman–Crippen LogP) is 2.77. The first-order valence-electron chi connectivity index (χ1n) is 5.84. The van der Waals surface area contributed by atoms with Crippen molar-refractivity contribution >= 4 is 27.8 Å². The van der Waals surface area contributed by atoms with E-state index in [4.69, 9.17) is 5.11 Å². The number of carboxylic acids is 1. The molecular weight excluding hydrogens is 317 g/mol. The lowest BCUT2D eigenvalue weighted by Gasteiger charge is -2.23. The van der Waals surface area contributed by atoms with E-state index >= 15 is 0 Å². The molecule has 1 aromatic rings. The number of hydrogen-bond acceptors (Lipinski definition) is 2. The average Bonchev–Trinajstić information content (AvgIpc) is 2.37. The van der Waals surface area contributed by atoms with E-state index < -0.39 is 23.6 Å². The summed E-state index contributed by atoms with van der Waals surface area (Å²) in [5.41, 5.74) is -0.0613. The fourth-order valence-corrected chi connectivity index (χ4v) is 1.96. The van der Waals surface area contributed by atoms with Gasteiger partial charge < -0.3 is 10.0 Å². The van der Waals surface area contributed by atoms with Crippen LogP contribution in [0.5, 0.6) is 0 Å². The fourth-order valence-electron chi connectivity index (χ4n) is 1.60. The van der Waals surface area contributed by atoms with E-state index in [2.05, 4.69) is 15.9 Å². The Hall–Kier alpha value is -1.43. The molecule has 1 unspecified atom stereocenters. The van der Waals surface area contributed by atoms with E-state index in [1.165, 1.54) is 30.0 Å². The Bertz CT molecular complexity index is 493. The van der Waals surface area contributed by atoms with Crippen LogP contribution >= 0.6 is 15.9 Å². The molecule has 1 atom stereocenters. The molecule has 6 heteroatoms. The first-order chi connectivity index (χ1) is 8.86. The highest BCUT2D eigenvalue weighted by Crippen LogP contribution is 2.18. The van der Waals surface area contributed by atoms with Gasteiger partial charge in [0, 0.05) is 17.6 Å². The zero-order valence-electron chi connectivity index (χ0n) is 10.7. The molecule has 0 aliphatic heterocycles. The molecule has 0 radical (unpaired) electrons. The van der Waals surface area contributed by atoms with Crippen LogP contribution in [0.4, 0.5) is 4.39 Å². The Balaban J connectivity index is 2.95. The topological polar surface area (TPSA) is 57.6 Å². The highest BCUT2D eigenvalue weighted by Gasteiger charge is 2.22. The maximum Gasteiger partial charge on any atom is 0.308 e. The maximum absolute atomic E-state index is 13.6. The summed E-state index contributed by atoms with van der Waals surface area (Å²) in [5, 5.41) is 8.86. The monoisotopic (exact) mass is 331 g/mol. The van der Waals surface area contributed by atoms with Gasteiger partial charge in [-0.05, 0) is 25.1 Å². The minimum Gasteiger partial charge on any atom is -0.481 e. The molecule has 1 aromatic carbocycles. The van der Waals surface area contributed by atoms with Gasteiger partial charge in [0.05, 0.1) is 11.5 Å². The summed E-state index contributed by atoms with van der Waals surface area (Å²) in [7, 11) is 0. The molecule has 0 bridgehead atoms. The zero-order valence-corrected chi connectivity index (χ0v) is 12.3. The standard InChI is InChI=1S/C13H15BrFNO3/c1-3-16(7-8(2)13(18)19)12(17)10-6-9(14)4-5-11(10)15/h4-6,8H,3,7H2,1-2H3,(H,18,19). The first kappa shape index (κ1) is 15.6. The molecule has 0 aliphatic rings. The van der Waals surface area contributed by atoms with Gasteiger partial charge in [-0.25, -0.2) is 4.39 Å². The van der Waals surface area contributed by atoms with Crippen LogP contribution in [0.1, 0.15) is 24.2 Å². The van der Waals surface area contributed by atoms with Gasteiger partial charge in [-0.1, -0.05) is 22.9 Å². The van der Waals surface area contributed by atoms with Gasteiger partial charge >= 0.3 is 5.97 Å². The molecule has 0 fully saturated rings. The summed E-state index contributed by atoms with van der Waals surface area (Å²) in [6.45, 7) is 3.61. The number of halogens is 2. The lowest BCUT2D eigenvalue weighted by atomic mass is 10.1. The van der Waals surface area contributed by atoms with Crippen LogP contribution in [-0.2, 0) is 4.79 Å². The van der Waals surface area contributed by atoms with Crippen molar-refractivity contribution in [3.63, 3.8) is 0 Å². The fraction of sp³-hybridized carbons (Fsp3) is 0.385. The van der Waals surface area contributed by atoms with E-state index in [9.17, 15) is 14.0 Å². The van der Waals surface area contributed by atoms with Crippen molar-refractivity contribution in [2.24, 2.45) is 5.92 Å². The largest absolute Gasteiger partial charge is 0.481 e. The molecular formula is C13H15BrFNO3. The average molecular weight is 332 g/mol. The number of benzene rings is 1. The molecule has 4 nitrogen and oxygen atoms in total. The van der Waals surface area contributed by atoms with Gasteiger partial charge in [0.25, 0.3) is 5.91 Å². The van der Waals surface area contributed by atoms with Crippen molar-refractivity contribution in [2.45, 2.75) is 13.8 Å². The van der Waals surface area contributed by atoms with E-state index in [0.717, 1.165) is 0 Å². The molecule has 0 saturated heterocycles. The first-order valence-corrected chi connectivity index (χ1v) is 6.63. The number of amides is 1. The van der Waals surface area contributed by atoms with Crippen molar-refractivity contribution in [3.05, 3.63) is 34.1 Å². The van der Waals surface area contributed by atoms with Gasteiger partial charge in [-0.2, -0.15) is 0 Å². The zero-order chi connectivity index (χ0) is 14.6. The molecule has 104 valence electrons. The van der Waals surface area contributed by atoms with Crippen molar-refractivity contribution < 1.29 is 19.1 Å². The third-order valence-corrected chi connectivity index (χ3v) is 3.24. The Kier molecular flexibility index (Phi) is 5.47. The molecule has 1 N–H and O–H groups in total. The molecule has 0 aliphatic carbocycles. The molecule has 1 amide bonds. The van der Waals surface area contributed by atoms with Gasteiger partial charge in [0.15, 0.2) is 0 Å². The van der Waals surface area contributed by atoms with E-state index in [0.29, 0.717) is 11.0 Å². The van der Waals surface area contributed by atoms with Crippen LogP contribution in [0.2, 0.25) is 0 Å². The highest BCUT2D eigenvalue weighted by molar-refractivity contribution is 9.10. The van der Waals surface area contributed by atoms with Crippen LogP contribution in [-0.4, -0.2) is 35.0 Å². The number of nitrogens with zero attached hydrogens (tertiary/aromatic N) is 1. The maximum atomic E-state index is 13.6. The minimum absolute atomic E-state index is 0.0522. The number of carbonyl (C=O) groups is 2. The summed E-state index contributed by atoms with van der Waals surface area (Å²) in [6, 6.07) is 4.10. The van der Waals surface area contributed by atoms with Gasteiger partial charge in [0.1, 0.15) is 5.82 Å². The lowest BCUT2D eigenvalue weighted by molar-refractivity contribution is -0.141. The normalized spacial score (nSPS) is 12.0. The smallest absolute Gasteiger partial charge is 0.308 e. The SMILES string of the molecule is CCN(CC(C)C(=O)O)C(=O)c1cc(Br)ccc1F. The van der Waals surface area contributed by atoms with Crippen molar-refractivity contribution in [1.29, 1.82) is 0 Å². The van der Waals surface area contributed by atoms with Crippen molar-refractivity contribution in [1.82, 2.24) is 4.90 Å². The summed E-state index contributed by atoms with van der Waals surface area (Å²) in [6.07, 6.45) is 0. The summed E-state index contributed by atoms with van der Waals surface area (Å²) in [4.78, 5) is 24.3. The number of carbonyl (C=O) groups excluding carboxylic acids is 1. The van der Waals surface area contributed by atoms with Gasteiger partial charge in [-0.3, -0.25) is 9.59 Å². The quantitative estimate of drug-likeness (QED) is 0.902. The Morgan fingerprint density at radius 1 is 1.47 bits per heavy atom. The molecule has 19 heavy (non-hydrogen) atoms. The number of aliphatic carboxylic acids is 1. The number of hydrogen-bond donors (Lipinski definition) is 1. The van der Waals surface area contributed by atoms with Crippen molar-refractivity contribution in [3.8, 4) is 0 Å². The molecule has 0 heterocycles. The van der Waals surface area contributed by atoms with Crippen LogP contribution in [0.3, 0.4) is 0 Å². The Morgan fingerprint density at radius 3 is 2.63 bits per heavy atom.